The van der Waals surface area contributed by atoms with E-state index in [2.05, 4.69) is 5.32 Å². The Morgan fingerprint density at radius 3 is 2.79 bits per heavy atom. The second-order valence-electron chi connectivity index (χ2n) is 6.75. The molecule has 3 unspecified atom stereocenters. The first-order chi connectivity index (χ1) is 11.6. The zero-order valence-electron chi connectivity index (χ0n) is 13.7. The van der Waals surface area contributed by atoms with Gasteiger partial charge in [-0.3, -0.25) is 9.59 Å². The Kier molecular flexibility index (Phi) is 5.41. The van der Waals surface area contributed by atoms with Crippen LogP contribution < -0.4 is 16.0 Å². The zero-order chi connectivity index (χ0) is 17.1. The highest BCUT2D eigenvalue weighted by atomic mass is 35.5. The van der Waals surface area contributed by atoms with E-state index < -0.39 is 0 Å². The molecule has 1 heterocycles. The molecule has 0 radical (unpaired) electrons. The molecule has 3 N–H and O–H groups in total. The van der Waals surface area contributed by atoms with Crippen molar-refractivity contribution in [2.24, 2.45) is 17.6 Å². The molecule has 2 fully saturated rings. The topological polar surface area (TPSA) is 75.4 Å². The van der Waals surface area contributed by atoms with Crippen LogP contribution in [0.15, 0.2) is 24.3 Å². The Hall–Kier alpha value is -1.59. The second-order valence-corrected chi connectivity index (χ2v) is 7.16. The number of nitrogens with two attached hydrogens (primary N) is 1. The molecule has 0 spiro atoms. The predicted molar refractivity (Wildman–Crippen MR) is 94.9 cm³/mol. The highest BCUT2D eigenvalue weighted by Crippen LogP contribution is 2.31. The van der Waals surface area contributed by atoms with E-state index in [1.54, 1.807) is 11.0 Å². The van der Waals surface area contributed by atoms with Crippen LogP contribution >= 0.6 is 11.6 Å². The number of nitrogens with zero attached hydrogens (tertiary/aromatic N) is 1. The number of para-hydroxylation sites is 1. The highest BCUT2D eigenvalue weighted by molar-refractivity contribution is 6.33. The maximum atomic E-state index is 12.6. The van der Waals surface area contributed by atoms with E-state index in [1.807, 2.05) is 18.2 Å². The van der Waals surface area contributed by atoms with Crippen molar-refractivity contribution in [2.45, 2.75) is 38.1 Å². The second kappa shape index (κ2) is 7.53. The first-order valence-electron chi connectivity index (χ1n) is 8.65. The van der Waals surface area contributed by atoms with Gasteiger partial charge in [-0.2, -0.15) is 0 Å². The van der Waals surface area contributed by atoms with Crippen molar-refractivity contribution in [3.05, 3.63) is 29.3 Å². The van der Waals surface area contributed by atoms with Crippen molar-refractivity contribution in [1.29, 1.82) is 0 Å². The average Bonchev–Trinajstić information content (AvgIpc) is 2.97. The maximum Gasteiger partial charge on any atom is 0.227 e. The summed E-state index contributed by atoms with van der Waals surface area (Å²) in [5.74, 6) is -0.0703. The molecule has 3 atom stereocenters. The molecular formula is C18H24ClN3O2. The Morgan fingerprint density at radius 2 is 2.04 bits per heavy atom. The normalized spacial score (nSPS) is 27.3. The lowest BCUT2D eigenvalue weighted by Gasteiger charge is -2.32. The highest BCUT2D eigenvalue weighted by Gasteiger charge is 2.37. The molecule has 3 rings (SSSR count). The van der Waals surface area contributed by atoms with E-state index in [1.165, 1.54) is 6.42 Å². The molecule has 24 heavy (non-hydrogen) atoms. The van der Waals surface area contributed by atoms with Crippen molar-refractivity contribution in [2.75, 3.05) is 18.0 Å². The fraction of sp³-hybridized carbons (Fsp3) is 0.556. The molecule has 0 aromatic heterocycles. The number of nitrogens with one attached hydrogen (secondary N) is 1. The number of halogens is 1. The third-order valence-electron chi connectivity index (χ3n) is 5.18. The number of carbonyl (C=O) groups is 2. The third-order valence-corrected chi connectivity index (χ3v) is 5.50. The molecule has 5 nitrogen and oxygen atoms in total. The van der Waals surface area contributed by atoms with Gasteiger partial charge in [0.25, 0.3) is 0 Å². The van der Waals surface area contributed by atoms with Crippen molar-refractivity contribution in [1.82, 2.24) is 5.32 Å². The average molecular weight is 350 g/mol. The summed E-state index contributed by atoms with van der Waals surface area (Å²) in [7, 11) is 0. The van der Waals surface area contributed by atoms with Crippen LogP contribution in [0.3, 0.4) is 0 Å². The molecule has 0 bridgehead atoms. The van der Waals surface area contributed by atoms with Crippen LogP contribution in [0.5, 0.6) is 0 Å². The summed E-state index contributed by atoms with van der Waals surface area (Å²) in [6.45, 7) is 0.981. The van der Waals surface area contributed by atoms with Crippen molar-refractivity contribution in [3.8, 4) is 0 Å². The minimum absolute atomic E-state index is 0.0387. The molecule has 2 aliphatic rings. The quantitative estimate of drug-likeness (QED) is 0.876. The molecule has 1 saturated carbocycles. The largest absolute Gasteiger partial charge is 0.353 e. The number of rotatable bonds is 4. The molecule has 1 aliphatic carbocycles. The summed E-state index contributed by atoms with van der Waals surface area (Å²) in [4.78, 5) is 26.6. The van der Waals surface area contributed by atoms with E-state index in [4.69, 9.17) is 17.3 Å². The van der Waals surface area contributed by atoms with Gasteiger partial charge in [0.15, 0.2) is 0 Å². The standard InChI is InChI=1S/C18H24ClN3O2/c19-14-6-2-4-8-16(14)22-11-13(9-17(22)23)18(24)21-15-7-3-1-5-12(15)10-20/h2,4,6,8,12-13,15H,1,3,5,7,9-11,20H2,(H,21,24). The van der Waals surface area contributed by atoms with Gasteiger partial charge in [-0.05, 0) is 37.4 Å². The number of hydrogen-bond donors (Lipinski definition) is 2. The van der Waals surface area contributed by atoms with E-state index in [9.17, 15) is 9.59 Å². The van der Waals surface area contributed by atoms with Gasteiger partial charge in [0.1, 0.15) is 0 Å². The third kappa shape index (κ3) is 3.57. The molecule has 1 saturated heterocycles. The van der Waals surface area contributed by atoms with Crippen LogP contribution in [0.1, 0.15) is 32.1 Å². The summed E-state index contributed by atoms with van der Waals surface area (Å²) >= 11 is 6.18. The summed E-state index contributed by atoms with van der Waals surface area (Å²) < 4.78 is 0. The predicted octanol–water partition coefficient (Wildman–Crippen LogP) is 2.33. The van der Waals surface area contributed by atoms with Gasteiger partial charge in [-0.15, -0.1) is 0 Å². The maximum absolute atomic E-state index is 12.6. The van der Waals surface area contributed by atoms with Crippen LogP contribution in [0.25, 0.3) is 0 Å². The van der Waals surface area contributed by atoms with Gasteiger partial charge in [0.2, 0.25) is 11.8 Å². The van der Waals surface area contributed by atoms with Gasteiger partial charge in [0.05, 0.1) is 16.6 Å². The first-order valence-corrected chi connectivity index (χ1v) is 9.03. The number of benzene rings is 1. The fourth-order valence-electron chi connectivity index (χ4n) is 3.77. The van der Waals surface area contributed by atoms with E-state index in [0.717, 1.165) is 19.3 Å². The van der Waals surface area contributed by atoms with Gasteiger partial charge < -0.3 is 16.0 Å². The molecule has 1 aliphatic heterocycles. The summed E-state index contributed by atoms with van der Waals surface area (Å²) in [5.41, 5.74) is 6.51. The van der Waals surface area contributed by atoms with E-state index in [0.29, 0.717) is 29.7 Å². The van der Waals surface area contributed by atoms with Gasteiger partial charge in [-0.25, -0.2) is 0 Å². The van der Waals surface area contributed by atoms with Crippen LogP contribution in [0.4, 0.5) is 5.69 Å². The lowest BCUT2D eigenvalue weighted by Crippen LogP contribution is -2.47. The minimum atomic E-state index is -0.325. The molecular weight excluding hydrogens is 326 g/mol. The first kappa shape index (κ1) is 17.2. The lowest BCUT2D eigenvalue weighted by molar-refractivity contribution is -0.127. The van der Waals surface area contributed by atoms with Gasteiger partial charge >= 0.3 is 0 Å². The Labute approximate surface area is 147 Å². The number of carbonyl (C=O) groups excluding carboxylic acids is 2. The molecule has 2 amide bonds. The van der Waals surface area contributed by atoms with Crippen molar-refractivity contribution in [3.63, 3.8) is 0 Å². The van der Waals surface area contributed by atoms with Crippen LogP contribution in [0.2, 0.25) is 5.02 Å². The zero-order valence-corrected chi connectivity index (χ0v) is 14.5. The Balaban J connectivity index is 1.65. The van der Waals surface area contributed by atoms with Crippen LogP contribution in [-0.4, -0.2) is 30.9 Å². The molecule has 130 valence electrons. The lowest BCUT2D eigenvalue weighted by atomic mass is 9.84. The Morgan fingerprint density at radius 1 is 1.29 bits per heavy atom. The van der Waals surface area contributed by atoms with Crippen LogP contribution in [0, 0.1) is 11.8 Å². The van der Waals surface area contributed by atoms with Gasteiger partial charge in [-0.1, -0.05) is 36.6 Å². The number of anilines is 1. The summed E-state index contributed by atoms with van der Waals surface area (Å²) in [5, 5.41) is 3.67. The summed E-state index contributed by atoms with van der Waals surface area (Å²) in [6.07, 6.45) is 4.57. The van der Waals surface area contributed by atoms with Crippen LogP contribution in [-0.2, 0) is 9.59 Å². The van der Waals surface area contributed by atoms with Gasteiger partial charge in [0, 0.05) is 19.0 Å². The molecule has 1 aromatic rings. The molecule has 1 aromatic carbocycles. The monoisotopic (exact) mass is 349 g/mol. The molecule has 6 heteroatoms. The number of hydrogen-bond acceptors (Lipinski definition) is 3. The van der Waals surface area contributed by atoms with Crippen molar-refractivity contribution >= 4 is 29.1 Å². The summed E-state index contributed by atoms with van der Waals surface area (Å²) in [6, 6.07) is 7.38. The van der Waals surface area contributed by atoms with E-state index >= 15 is 0 Å². The minimum Gasteiger partial charge on any atom is -0.353 e. The number of amides is 2. The Bertz CT molecular complexity index is 622. The fourth-order valence-corrected chi connectivity index (χ4v) is 4.00. The smallest absolute Gasteiger partial charge is 0.227 e. The SMILES string of the molecule is NCC1CCCCC1NC(=O)C1CC(=O)N(c2ccccc2Cl)C1. The van der Waals surface area contributed by atoms with E-state index in [-0.39, 0.29) is 30.2 Å². The van der Waals surface area contributed by atoms with Crippen molar-refractivity contribution < 1.29 is 9.59 Å².